The molecule has 2 aliphatic carbocycles. The fourth-order valence-electron chi connectivity index (χ4n) is 4.06. The fraction of sp³-hybridized carbons (Fsp3) is 0.600. The molecule has 0 saturated heterocycles. The first-order valence-electron chi connectivity index (χ1n) is 9.54. The molecule has 2 fully saturated rings. The average molecular weight is 377 g/mol. The van der Waals surface area contributed by atoms with Crippen molar-refractivity contribution in [3.63, 3.8) is 0 Å². The number of hydrogen-bond donors (Lipinski definition) is 2. The van der Waals surface area contributed by atoms with Gasteiger partial charge >= 0.3 is 5.97 Å². The largest absolute Gasteiger partial charge is 0.490 e. The number of nitrogens with one attached hydrogen (secondary N) is 1. The van der Waals surface area contributed by atoms with Crippen molar-refractivity contribution < 1.29 is 28.9 Å². The molecule has 0 bridgehead atoms. The van der Waals surface area contributed by atoms with Crippen molar-refractivity contribution in [3.8, 4) is 11.5 Å². The summed E-state index contributed by atoms with van der Waals surface area (Å²) in [6.45, 7) is 4.44. The van der Waals surface area contributed by atoms with Crippen LogP contribution in [-0.4, -0.2) is 48.9 Å². The van der Waals surface area contributed by atoms with Crippen LogP contribution in [0.2, 0.25) is 0 Å². The van der Waals surface area contributed by atoms with Crippen LogP contribution in [0, 0.1) is 5.41 Å². The molecule has 0 aromatic heterocycles. The highest BCUT2D eigenvalue weighted by Gasteiger charge is 2.59. The summed E-state index contributed by atoms with van der Waals surface area (Å²) >= 11 is 0. The highest BCUT2D eigenvalue weighted by Crippen LogP contribution is 2.57. The smallest absolute Gasteiger partial charge is 0.341 e. The van der Waals surface area contributed by atoms with Crippen LogP contribution in [0.3, 0.4) is 0 Å². The minimum absolute atomic E-state index is 0.0962. The van der Waals surface area contributed by atoms with Crippen molar-refractivity contribution in [2.45, 2.75) is 51.7 Å². The lowest BCUT2D eigenvalue weighted by molar-refractivity contribution is -0.169. The van der Waals surface area contributed by atoms with E-state index < -0.39 is 12.6 Å². The molecule has 1 spiro atoms. The molecule has 0 aliphatic heterocycles. The first kappa shape index (κ1) is 19.5. The zero-order chi connectivity index (χ0) is 19.4. The highest BCUT2D eigenvalue weighted by atomic mass is 16.5. The number of carbonyl (C=O) groups excluding carboxylic acids is 1. The summed E-state index contributed by atoms with van der Waals surface area (Å²) in [5.41, 5.74) is 0.564. The van der Waals surface area contributed by atoms with Crippen LogP contribution in [0.15, 0.2) is 18.2 Å². The van der Waals surface area contributed by atoms with Gasteiger partial charge in [-0.25, -0.2) is 4.79 Å². The third-order valence-corrected chi connectivity index (χ3v) is 5.60. The van der Waals surface area contributed by atoms with E-state index in [1.165, 1.54) is 6.42 Å². The molecule has 2 atom stereocenters. The molecule has 1 aromatic rings. The fourth-order valence-corrected chi connectivity index (χ4v) is 4.06. The summed E-state index contributed by atoms with van der Waals surface area (Å²) in [7, 11) is 0. The number of benzene rings is 1. The number of rotatable bonds is 9. The number of amides is 1. The summed E-state index contributed by atoms with van der Waals surface area (Å²) in [5.74, 6) is -0.553. The summed E-state index contributed by atoms with van der Waals surface area (Å²) in [5, 5.41) is 11.9. The van der Waals surface area contributed by atoms with Crippen LogP contribution in [0.25, 0.3) is 0 Å². The SMILES string of the molecule is CCOc1cc(C(=O)N[C@H]2C[C@@H](OCC)C23CCC3)ccc1OCC(=O)O. The number of ether oxygens (including phenoxy) is 3. The zero-order valence-corrected chi connectivity index (χ0v) is 15.8. The highest BCUT2D eigenvalue weighted by molar-refractivity contribution is 5.95. The first-order chi connectivity index (χ1) is 13.0. The molecular formula is C20H27NO6. The Morgan fingerprint density at radius 2 is 1.96 bits per heavy atom. The van der Waals surface area contributed by atoms with Gasteiger partial charge in [-0.1, -0.05) is 6.42 Å². The minimum atomic E-state index is -1.07. The lowest BCUT2D eigenvalue weighted by Crippen LogP contribution is -2.67. The molecule has 1 amide bonds. The van der Waals surface area contributed by atoms with Gasteiger partial charge in [0.2, 0.25) is 0 Å². The van der Waals surface area contributed by atoms with E-state index in [4.69, 9.17) is 19.3 Å². The standard InChI is InChI=1S/C20H27NO6/c1-3-25-15-10-13(6-7-14(15)27-12-18(22)23)19(24)21-16-11-17(26-4-2)20(16)8-5-9-20/h6-7,10,16-17H,3-5,8-9,11-12H2,1-2H3,(H,21,24)(H,22,23)/t16-,17+/m0/s1. The van der Waals surface area contributed by atoms with Crippen LogP contribution in [0.5, 0.6) is 11.5 Å². The maximum Gasteiger partial charge on any atom is 0.341 e. The Morgan fingerprint density at radius 3 is 2.56 bits per heavy atom. The summed E-state index contributed by atoms with van der Waals surface area (Å²) < 4.78 is 16.6. The average Bonchev–Trinajstić information content (AvgIpc) is 2.58. The second-order valence-corrected chi connectivity index (χ2v) is 7.07. The number of aliphatic carboxylic acids is 1. The lowest BCUT2D eigenvalue weighted by Gasteiger charge is -2.61. The van der Waals surface area contributed by atoms with E-state index in [2.05, 4.69) is 5.32 Å². The Balaban J connectivity index is 1.67. The Labute approximate surface area is 159 Å². The molecular weight excluding hydrogens is 350 g/mol. The molecule has 0 heterocycles. The lowest BCUT2D eigenvalue weighted by atomic mass is 9.51. The van der Waals surface area contributed by atoms with Crippen molar-refractivity contribution in [1.82, 2.24) is 5.32 Å². The number of carbonyl (C=O) groups is 2. The predicted octanol–water partition coefficient (Wildman–Crippen LogP) is 2.63. The molecule has 7 nitrogen and oxygen atoms in total. The van der Waals surface area contributed by atoms with E-state index in [-0.39, 0.29) is 23.5 Å². The van der Waals surface area contributed by atoms with Crippen LogP contribution < -0.4 is 14.8 Å². The minimum Gasteiger partial charge on any atom is -0.490 e. The van der Waals surface area contributed by atoms with Crippen molar-refractivity contribution in [2.24, 2.45) is 5.41 Å². The van der Waals surface area contributed by atoms with Gasteiger partial charge in [0, 0.05) is 23.6 Å². The van der Waals surface area contributed by atoms with E-state index in [0.29, 0.717) is 30.3 Å². The molecule has 0 radical (unpaired) electrons. The van der Waals surface area contributed by atoms with Gasteiger partial charge in [-0.3, -0.25) is 4.79 Å². The van der Waals surface area contributed by atoms with Crippen molar-refractivity contribution in [2.75, 3.05) is 19.8 Å². The number of carboxylic acids is 1. The Kier molecular flexibility index (Phi) is 5.89. The monoisotopic (exact) mass is 377 g/mol. The van der Waals surface area contributed by atoms with E-state index in [1.54, 1.807) is 18.2 Å². The second kappa shape index (κ2) is 8.17. The van der Waals surface area contributed by atoms with Crippen molar-refractivity contribution in [1.29, 1.82) is 0 Å². The number of carboxylic acid groups (broad SMARTS) is 1. The third kappa shape index (κ3) is 3.88. The molecule has 27 heavy (non-hydrogen) atoms. The van der Waals surface area contributed by atoms with Crippen LogP contribution >= 0.6 is 0 Å². The van der Waals surface area contributed by atoms with Crippen molar-refractivity contribution in [3.05, 3.63) is 23.8 Å². The topological polar surface area (TPSA) is 94.1 Å². The maximum atomic E-state index is 12.7. The molecule has 148 valence electrons. The predicted molar refractivity (Wildman–Crippen MR) is 98.3 cm³/mol. The van der Waals surface area contributed by atoms with Gasteiger partial charge in [0.1, 0.15) is 0 Å². The molecule has 3 rings (SSSR count). The molecule has 2 N–H and O–H groups in total. The van der Waals surface area contributed by atoms with Crippen LogP contribution in [-0.2, 0) is 9.53 Å². The quantitative estimate of drug-likeness (QED) is 0.687. The van der Waals surface area contributed by atoms with E-state index in [0.717, 1.165) is 19.3 Å². The Bertz CT molecular complexity index is 700. The first-order valence-corrected chi connectivity index (χ1v) is 9.54. The van der Waals surface area contributed by atoms with Gasteiger partial charge in [-0.05, 0) is 51.3 Å². The van der Waals surface area contributed by atoms with Gasteiger partial charge < -0.3 is 24.6 Å². The molecule has 2 saturated carbocycles. The van der Waals surface area contributed by atoms with Gasteiger partial charge in [0.15, 0.2) is 18.1 Å². The van der Waals surface area contributed by atoms with E-state index >= 15 is 0 Å². The van der Waals surface area contributed by atoms with Gasteiger partial charge in [-0.15, -0.1) is 0 Å². The number of hydrogen-bond acceptors (Lipinski definition) is 5. The summed E-state index contributed by atoms with van der Waals surface area (Å²) in [4.78, 5) is 23.4. The molecule has 1 aromatic carbocycles. The summed E-state index contributed by atoms with van der Waals surface area (Å²) in [6.07, 6.45) is 4.45. The zero-order valence-electron chi connectivity index (χ0n) is 15.8. The normalized spacial score (nSPS) is 22.4. The second-order valence-electron chi connectivity index (χ2n) is 7.07. The van der Waals surface area contributed by atoms with Crippen LogP contribution in [0.4, 0.5) is 0 Å². The summed E-state index contributed by atoms with van der Waals surface area (Å²) in [6, 6.07) is 4.93. The van der Waals surface area contributed by atoms with E-state index in [1.807, 2.05) is 13.8 Å². The van der Waals surface area contributed by atoms with Crippen molar-refractivity contribution >= 4 is 11.9 Å². The Morgan fingerprint density at radius 1 is 1.19 bits per heavy atom. The van der Waals surface area contributed by atoms with Crippen LogP contribution in [0.1, 0.15) is 49.9 Å². The van der Waals surface area contributed by atoms with Gasteiger partial charge in [0.25, 0.3) is 5.91 Å². The third-order valence-electron chi connectivity index (χ3n) is 5.60. The maximum absolute atomic E-state index is 12.7. The van der Waals surface area contributed by atoms with Gasteiger partial charge in [-0.2, -0.15) is 0 Å². The molecule has 0 unspecified atom stereocenters. The molecule has 2 aliphatic rings. The van der Waals surface area contributed by atoms with Gasteiger partial charge in [0.05, 0.1) is 12.7 Å². The van der Waals surface area contributed by atoms with E-state index in [9.17, 15) is 9.59 Å². The molecule has 7 heteroatoms. The Hall–Kier alpha value is -2.28.